The van der Waals surface area contributed by atoms with E-state index in [0.29, 0.717) is 5.75 Å². The summed E-state index contributed by atoms with van der Waals surface area (Å²) in [4.78, 5) is 14.8. The number of aromatic nitrogens is 1. The van der Waals surface area contributed by atoms with Gasteiger partial charge in [0.05, 0.1) is 10.9 Å². The molecule has 0 spiro atoms. The van der Waals surface area contributed by atoms with Crippen LogP contribution in [0.5, 0.6) is 0 Å². The van der Waals surface area contributed by atoms with Crippen molar-refractivity contribution in [2.75, 3.05) is 5.75 Å². The van der Waals surface area contributed by atoms with Crippen molar-refractivity contribution in [1.82, 2.24) is 4.98 Å². The van der Waals surface area contributed by atoms with Gasteiger partial charge in [-0.1, -0.05) is 48.5 Å². The molecule has 2 N–H and O–H groups in total. The Balaban J connectivity index is 1.76. The Kier molecular flexibility index (Phi) is 3.97. The van der Waals surface area contributed by atoms with Crippen molar-refractivity contribution in [3.63, 3.8) is 0 Å². The second-order valence-corrected chi connectivity index (χ2v) is 5.90. The normalized spacial score (nSPS) is 12.4. The van der Waals surface area contributed by atoms with Gasteiger partial charge >= 0.3 is 5.97 Å². The highest BCUT2D eigenvalue weighted by molar-refractivity contribution is 7.99. The van der Waals surface area contributed by atoms with Gasteiger partial charge in [-0.25, -0.2) is 0 Å². The predicted molar refractivity (Wildman–Crippen MR) is 85.8 cm³/mol. The van der Waals surface area contributed by atoms with E-state index in [4.69, 9.17) is 0 Å². The molecule has 1 heterocycles. The van der Waals surface area contributed by atoms with Crippen molar-refractivity contribution in [2.24, 2.45) is 0 Å². The molecule has 0 radical (unpaired) electrons. The first-order valence-electron chi connectivity index (χ1n) is 6.72. The van der Waals surface area contributed by atoms with Crippen LogP contribution in [0.4, 0.5) is 0 Å². The molecule has 0 saturated carbocycles. The minimum atomic E-state index is -0.787. The molecule has 21 heavy (non-hydrogen) atoms. The van der Waals surface area contributed by atoms with Crippen LogP contribution in [0.1, 0.15) is 11.5 Å². The van der Waals surface area contributed by atoms with Gasteiger partial charge in [-0.05, 0) is 17.7 Å². The van der Waals surface area contributed by atoms with Crippen LogP contribution in [0, 0.1) is 0 Å². The van der Waals surface area contributed by atoms with E-state index >= 15 is 0 Å². The maximum atomic E-state index is 11.5. The molecule has 4 heteroatoms. The summed E-state index contributed by atoms with van der Waals surface area (Å²) in [7, 11) is 0. The van der Waals surface area contributed by atoms with Crippen LogP contribution >= 0.6 is 11.8 Å². The number of aliphatic carboxylic acids is 1. The number of benzene rings is 2. The van der Waals surface area contributed by atoms with Gasteiger partial charge in [0.2, 0.25) is 0 Å². The predicted octanol–water partition coefficient (Wildman–Crippen LogP) is 4.13. The third-order valence-electron chi connectivity index (χ3n) is 3.41. The first-order valence-corrected chi connectivity index (χ1v) is 7.71. The lowest BCUT2D eigenvalue weighted by atomic mass is 10.0. The summed E-state index contributed by atoms with van der Waals surface area (Å²) in [5, 5.41) is 11.6. The lowest BCUT2D eigenvalue weighted by Gasteiger charge is -2.11. The third kappa shape index (κ3) is 3.11. The van der Waals surface area contributed by atoms with Gasteiger partial charge in [0.1, 0.15) is 0 Å². The first-order chi connectivity index (χ1) is 10.2. The van der Waals surface area contributed by atoms with Crippen molar-refractivity contribution in [1.29, 1.82) is 0 Å². The second kappa shape index (κ2) is 6.06. The Morgan fingerprint density at radius 1 is 1.10 bits per heavy atom. The highest BCUT2D eigenvalue weighted by Gasteiger charge is 2.20. The lowest BCUT2D eigenvalue weighted by molar-refractivity contribution is -0.138. The Morgan fingerprint density at radius 2 is 1.81 bits per heavy atom. The fourth-order valence-corrected chi connectivity index (χ4v) is 3.37. The molecule has 1 aromatic heterocycles. The summed E-state index contributed by atoms with van der Waals surface area (Å²) < 4.78 is 0. The van der Waals surface area contributed by atoms with Crippen molar-refractivity contribution < 1.29 is 9.90 Å². The van der Waals surface area contributed by atoms with Crippen LogP contribution in [0.15, 0.2) is 65.7 Å². The largest absolute Gasteiger partial charge is 0.481 e. The fraction of sp³-hybridized carbons (Fsp3) is 0.118. The Hall–Kier alpha value is -2.20. The van der Waals surface area contributed by atoms with Crippen LogP contribution in [0.3, 0.4) is 0 Å². The highest BCUT2D eigenvalue weighted by Crippen LogP contribution is 2.28. The summed E-state index contributed by atoms with van der Waals surface area (Å²) in [5.41, 5.74) is 1.92. The molecular formula is C17H15NO2S. The van der Waals surface area contributed by atoms with Gasteiger partial charge in [0.25, 0.3) is 0 Å². The SMILES string of the molecule is O=C(O)C(CSc1cc2ccccc2[nH]1)c1ccccc1. The molecule has 0 amide bonds. The molecule has 0 aliphatic heterocycles. The van der Waals surface area contributed by atoms with Crippen molar-refractivity contribution in [2.45, 2.75) is 10.9 Å². The Labute approximate surface area is 127 Å². The number of fused-ring (bicyclic) bond motifs is 1. The zero-order valence-corrected chi connectivity index (χ0v) is 12.1. The molecule has 0 bridgehead atoms. The van der Waals surface area contributed by atoms with Gasteiger partial charge in [-0.15, -0.1) is 11.8 Å². The van der Waals surface area contributed by atoms with E-state index in [2.05, 4.69) is 11.1 Å². The van der Waals surface area contributed by atoms with Gasteiger partial charge in [-0.3, -0.25) is 4.79 Å². The summed E-state index contributed by atoms with van der Waals surface area (Å²) >= 11 is 1.54. The monoisotopic (exact) mass is 297 g/mol. The molecule has 3 aromatic rings. The van der Waals surface area contributed by atoms with Crippen LogP contribution in [-0.4, -0.2) is 21.8 Å². The summed E-state index contributed by atoms with van der Waals surface area (Å²) in [5.74, 6) is -0.779. The van der Waals surface area contributed by atoms with E-state index in [-0.39, 0.29) is 0 Å². The Morgan fingerprint density at radius 3 is 2.52 bits per heavy atom. The smallest absolute Gasteiger partial charge is 0.311 e. The molecule has 3 rings (SSSR count). The van der Waals surface area contributed by atoms with Crippen molar-refractivity contribution in [3.8, 4) is 0 Å². The average Bonchev–Trinajstić information content (AvgIpc) is 2.91. The number of rotatable bonds is 5. The van der Waals surface area contributed by atoms with E-state index < -0.39 is 11.9 Å². The Bertz CT molecular complexity index is 719. The number of para-hydroxylation sites is 1. The molecule has 106 valence electrons. The summed E-state index contributed by atoms with van der Waals surface area (Å²) in [6.45, 7) is 0. The zero-order valence-electron chi connectivity index (χ0n) is 11.3. The summed E-state index contributed by atoms with van der Waals surface area (Å²) in [6, 6.07) is 19.5. The minimum Gasteiger partial charge on any atom is -0.481 e. The number of aromatic amines is 1. The van der Waals surface area contributed by atoms with Crippen molar-refractivity contribution in [3.05, 3.63) is 66.2 Å². The fourth-order valence-electron chi connectivity index (χ4n) is 2.29. The molecule has 0 aliphatic rings. The van der Waals surface area contributed by atoms with Gasteiger partial charge in [-0.2, -0.15) is 0 Å². The number of thioether (sulfide) groups is 1. The number of hydrogen-bond donors (Lipinski definition) is 2. The van der Waals surface area contributed by atoms with E-state index in [9.17, 15) is 9.90 Å². The molecule has 0 fully saturated rings. The number of carboxylic acids is 1. The van der Waals surface area contributed by atoms with Crippen LogP contribution in [-0.2, 0) is 4.79 Å². The second-order valence-electron chi connectivity index (χ2n) is 4.83. The molecule has 1 atom stereocenters. The number of carboxylic acid groups (broad SMARTS) is 1. The summed E-state index contributed by atoms with van der Waals surface area (Å²) in [6.07, 6.45) is 0. The van der Waals surface area contributed by atoms with E-state index in [1.54, 1.807) is 11.8 Å². The van der Waals surface area contributed by atoms with Crippen LogP contribution in [0.25, 0.3) is 10.9 Å². The van der Waals surface area contributed by atoms with Crippen LogP contribution < -0.4 is 0 Å². The molecular weight excluding hydrogens is 282 g/mol. The standard InChI is InChI=1S/C17H15NO2S/c19-17(20)14(12-6-2-1-3-7-12)11-21-16-10-13-8-4-5-9-15(13)18-16/h1-10,14,18H,11H2,(H,19,20). The average molecular weight is 297 g/mol. The first kappa shape index (κ1) is 13.8. The van der Waals surface area contributed by atoms with E-state index in [1.165, 1.54) is 0 Å². The van der Waals surface area contributed by atoms with Crippen molar-refractivity contribution >= 4 is 28.6 Å². The zero-order chi connectivity index (χ0) is 14.7. The molecule has 3 nitrogen and oxygen atoms in total. The number of nitrogens with one attached hydrogen (secondary N) is 1. The minimum absolute atomic E-state index is 0.498. The maximum Gasteiger partial charge on any atom is 0.311 e. The quantitative estimate of drug-likeness (QED) is 0.696. The van der Waals surface area contributed by atoms with Gasteiger partial charge in [0, 0.05) is 16.7 Å². The molecule has 1 unspecified atom stereocenters. The lowest BCUT2D eigenvalue weighted by Crippen LogP contribution is -2.14. The topological polar surface area (TPSA) is 53.1 Å². The number of H-pyrrole nitrogens is 1. The van der Waals surface area contributed by atoms with E-state index in [1.807, 2.05) is 54.6 Å². The van der Waals surface area contributed by atoms with Gasteiger partial charge < -0.3 is 10.1 Å². The molecule has 0 aliphatic carbocycles. The maximum absolute atomic E-state index is 11.5. The van der Waals surface area contributed by atoms with Crippen LogP contribution in [0.2, 0.25) is 0 Å². The molecule has 0 saturated heterocycles. The number of carbonyl (C=O) groups is 1. The number of hydrogen-bond acceptors (Lipinski definition) is 2. The molecule has 2 aromatic carbocycles. The highest BCUT2D eigenvalue weighted by atomic mass is 32.2. The third-order valence-corrected chi connectivity index (χ3v) is 4.44. The van der Waals surface area contributed by atoms with Gasteiger partial charge in [0.15, 0.2) is 0 Å². The van der Waals surface area contributed by atoms with E-state index in [0.717, 1.165) is 21.5 Å².